The summed E-state index contributed by atoms with van der Waals surface area (Å²) in [6, 6.07) is 5.80. The Morgan fingerprint density at radius 2 is 2.08 bits per heavy atom. The number of carbonyl (C=O) groups is 1. The number of urea groups is 1. The lowest BCUT2D eigenvalue weighted by atomic mass is 10.1. The van der Waals surface area contributed by atoms with Crippen LogP contribution >= 0.6 is 0 Å². The van der Waals surface area contributed by atoms with Crippen molar-refractivity contribution in [3.8, 4) is 5.88 Å². The molecule has 2 aromatic rings. The number of ether oxygens (including phenoxy) is 1. The third kappa shape index (κ3) is 3.27. The predicted octanol–water partition coefficient (Wildman–Crippen LogP) is 1.57. The summed E-state index contributed by atoms with van der Waals surface area (Å²) in [4.78, 5) is 20.7. The molecule has 0 spiro atoms. The summed E-state index contributed by atoms with van der Waals surface area (Å²) in [5.41, 5.74) is 1.13. The number of amides is 2. The summed E-state index contributed by atoms with van der Waals surface area (Å²) in [5, 5.41) is 7.03. The molecule has 0 radical (unpaired) electrons. The van der Waals surface area contributed by atoms with Gasteiger partial charge in [-0.25, -0.2) is 9.48 Å². The summed E-state index contributed by atoms with van der Waals surface area (Å²) in [5.74, 6) is 1.09. The predicted molar refractivity (Wildman–Crippen MR) is 91.4 cm³/mol. The van der Waals surface area contributed by atoms with E-state index in [0.717, 1.165) is 12.2 Å². The Morgan fingerprint density at radius 3 is 2.71 bits per heavy atom. The van der Waals surface area contributed by atoms with Crippen LogP contribution in [0.2, 0.25) is 0 Å². The van der Waals surface area contributed by atoms with Gasteiger partial charge in [0.15, 0.2) is 0 Å². The van der Waals surface area contributed by atoms with Crippen molar-refractivity contribution in [3.05, 3.63) is 30.6 Å². The zero-order valence-corrected chi connectivity index (χ0v) is 14.1. The van der Waals surface area contributed by atoms with Gasteiger partial charge in [0.1, 0.15) is 5.82 Å². The molecule has 8 nitrogen and oxygen atoms in total. The quantitative estimate of drug-likeness (QED) is 0.924. The molecular weight excluding hydrogens is 308 g/mol. The second-order valence-corrected chi connectivity index (χ2v) is 5.82. The molecule has 2 amide bonds. The molecule has 1 atom stereocenters. The number of anilines is 2. The number of nitrogens with one attached hydrogen (secondary N) is 1. The van der Waals surface area contributed by atoms with Gasteiger partial charge in [0.2, 0.25) is 5.88 Å². The van der Waals surface area contributed by atoms with Gasteiger partial charge < -0.3 is 14.5 Å². The van der Waals surface area contributed by atoms with Gasteiger partial charge in [-0.3, -0.25) is 10.3 Å². The maximum absolute atomic E-state index is 12.5. The van der Waals surface area contributed by atoms with Crippen LogP contribution in [0.5, 0.6) is 5.88 Å². The summed E-state index contributed by atoms with van der Waals surface area (Å²) in [7, 11) is 3.32. The zero-order chi connectivity index (χ0) is 17.1. The van der Waals surface area contributed by atoms with Gasteiger partial charge in [-0.2, -0.15) is 0 Å². The monoisotopic (exact) mass is 330 g/mol. The molecule has 2 aromatic heterocycles. The number of methoxy groups -OCH3 is 1. The van der Waals surface area contributed by atoms with Crippen molar-refractivity contribution >= 4 is 17.5 Å². The molecule has 1 N–H and O–H groups in total. The Labute approximate surface area is 141 Å². The van der Waals surface area contributed by atoms with Crippen LogP contribution < -0.4 is 15.0 Å². The third-order valence-corrected chi connectivity index (χ3v) is 4.21. The number of rotatable bonds is 3. The van der Waals surface area contributed by atoms with Crippen molar-refractivity contribution in [1.82, 2.24) is 19.7 Å². The lowest BCUT2D eigenvalue weighted by molar-refractivity contribution is 0.200. The summed E-state index contributed by atoms with van der Waals surface area (Å²) in [6.45, 7) is 4.22. The van der Waals surface area contributed by atoms with E-state index in [2.05, 4.69) is 27.2 Å². The highest BCUT2D eigenvalue weighted by atomic mass is 16.5. The number of hydrogen-bond acceptors (Lipinski definition) is 5. The highest BCUT2D eigenvalue weighted by Gasteiger charge is 2.27. The number of hydrogen-bond donors (Lipinski definition) is 1. The summed E-state index contributed by atoms with van der Waals surface area (Å²) in [6.07, 6.45) is 3.58. The van der Waals surface area contributed by atoms with Gasteiger partial charge >= 0.3 is 6.03 Å². The Morgan fingerprint density at radius 1 is 1.33 bits per heavy atom. The van der Waals surface area contributed by atoms with Crippen LogP contribution in [0, 0.1) is 0 Å². The molecule has 3 rings (SSSR count). The maximum Gasteiger partial charge on any atom is 0.323 e. The second kappa shape index (κ2) is 6.77. The van der Waals surface area contributed by atoms with Crippen molar-refractivity contribution in [2.45, 2.75) is 13.0 Å². The Kier molecular flexibility index (Phi) is 4.54. The first-order valence-electron chi connectivity index (χ1n) is 7.89. The molecule has 0 bridgehead atoms. The fourth-order valence-electron chi connectivity index (χ4n) is 2.91. The van der Waals surface area contributed by atoms with E-state index in [1.807, 2.05) is 17.0 Å². The largest absolute Gasteiger partial charge is 0.480 e. The number of pyridine rings is 1. The summed E-state index contributed by atoms with van der Waals surface area (Å²) >= 11 is 0. The van der Waals surface area contributed by atoms with E-state index in [1.165, 1.54) is 0 Å². The molecule has 8 heteroatoms. The van der Waals surface area contributed by atoms with Crippen LogP contribution in [0.15, 0.2) is 30.6 Å². The molecule has 1 aliphatic rings. The third-order valence-electron chi connectivity index (χ3n) is 4.21. The zero-order valence-electron chi connectivity index (χ0n) is 14.1. The average molecular weight is 330 g/mol. The van der Waals surface area contributed by atoms with Crippen LogP contribution in [-0.4, -0.2) is 58.5 Å². The second-order valence-electron chi connectivity index (χ2n) is 5.82. The van der Waals surface area contributed by atoms with Gasteiger partial charge in [-0.1, -0.05) is 0 Å². The molecular formula is C16H22N6O2. The van der Waals surface area contributed by atoms with Crippen LogP contribution in [0.4, 0.5) is 16.3 Å². The van der Waals surface area contributed by atoms with Gasteiger partial charge in [0, 0.05) is 56.9 Å². The van der Waals surface area contributed by atoms with Gasteiger partial charge in [-0.15, -0.1) is 5.10 Å². The number of piperazine rings is 1. The molecule has 0 aliphatic carbocycles. The van der Waals surface area contributed by atoms with Gasteiger partial charge in [0.05, 0.1) is 7.11 Å². The molecule has 1 aliphatic heterocycles. The highest BCUT2D eigenvalue weighted by molar-refractivity contribution is 5.88. The molecule has 0 saturated carbocycles. The number of carbonyl (C=O) groups excluding carboxylic acids is 1. The SMILES string of the molecule is COc1cc(NC(=O)N2CCN(c3ccncc3)[C@@H](C)C2)n(C)n1. The standard InChI is InChI=1S/C16H22N6O2/c1-12-11-21(8-9-22(12)13-4-6-17-7-5-13)16(23)18-14-10-15(24-3)19-20(14)2/h4-7,10,12H,8-9,11H2,1-3H3,(H,18,23)/t12-/m0/s1. The first kappa shape index (κ1) is 16.1. The lowest BCUT2D eigenvalue weighted by Crippen LogP contribution is -2.54. The normalized spacial score (nSPS) is 17.7. The van der Waals surface area contributed by atoms with Gasteiger partial charge in [0.25, 0.3) is 0 Å². The summed E-state index contributed by atoms with van der Waals surface area (Å²) < 4.78 is 6.66. The number of aryl methyl sites for hydroxylation is 1. The molecule has 0 aromatic carbocycles. The van der Waals surface area contributed by atoms with E-state index in [1.54, 1.807) is 37.3 Å². The molecule has 1 saturated heterocycles. The van der Waals surface area contributed by atoms with Crippen molar-refractivity contribution < 1.29 is 9.53 Å². The van der Waals surface area contributed by atoms with E-state index >= 15 is 0 Å². The maximum atomic E-state index is 12.5. The topological polar surface area (TPSA) is 75.5 Å². The molecule has 0 unspecified atom stereocenters. The minimum absolute atomic E-state index is 0.123. The minimum atomic E-state index is -0.123. The number of nitrogens with zero attached hydrogens (tertiary/aromatic N) is 5. The average Bonchev–Trinajstić information content (AvgIpc) is 2.95. The number of aromatic nitrogens is 3. The first-order chi connectivity index (χ1) is 11.6. The molecule has 1 fully saturated rings. The van der Waals surface area contributed by atoms with Crippen LogP contribution in [0.1, 0.15) is 6.92 Å². The van der Waals surface area contributed by atoms with E-state index in [9.17, 15) is 4.79 Å². The molecule has 24 heavy (non-hydrogen) atoms. The van der Waals surface area contributed by atoms with Crippen LogP contribution in [-0.2, 0) is 7.05 Å². The molecule has 128 valence electrons. The van der Waals surface area contributed by atoms with Crippen molar-refractivity contribution in [3.63, 3.8) is 0 Å². The van der Waals surface area contributed by atoms with Crippen LogP contribution in [0.25, 0.3) is 0 Å². The highest BCUT2D eigenvalue weighted by Crippen LogP contribution is 2.21. The Hall–Kier alpha value is -2.77. The fraction of sp³-hybridized carbons (Fsp3) is 0.438. The Balaban J connectivity index is 1.62. The van der Waals surface area contributed by atoms with Crippen LogP contribution in [0.3, 0.4) is 0 Å². The van der Waals surface area contributed by atoms with Gasteiger partial charge in [-0.05, 0) is 19.1 Å². The van der Waals surface area contributed by atoms with E-state index in [0.29, 0.717) is 24.8 Å². The van der Waals surface area contributed by atoms with E-state index in [-0.39, 0.29) is 12.1 Å². The van der Waals surface area contributed by atoms with Crippen molar-refractivity contribution in [2.24, 2.45) is 7.05 Å². The van der Waals surface area contributed by atoms with E-state index < -0.39 is 0 Å². The Bertz CT molecular complexity index is 702. The van der Waals surface area contributed by atoms with E-state index in [4.69, 9.17) is 4.74 Å². The van der Waals surface area contributed by atoms with Crippen molar-refractivity contribution in [1.29, 1.82) is 0 Å². The first-order valence-corrected chi connectivity index (χ1v) is 7.89. The molecule has 3 heterocycles. The minimum Gasteiger partial charge on any atom is -0.480 e. The fourth-order valence-corrected chi connectivity index (χ4v) is 2.91. The lowest BCUT2D eigenvalue weighted by Gasteiger charge is -2.41. The van der Waals surface area contributed by atoms with Crippen molar-refractivity contribution in [2.75, 3.05) is 37.0 Å². The smallest absolute Gasteiger partial charge is 0.323 e.